The highest BCUT2D eigenvalue weighted by Crippen LogP contribution is 2.29. The van der Waals surface area contributed by atoms with Crippen molar-refractivity contribution < 1.29 is 14.8 Å². The fraction of sp³-hybridized carbons (Fsp3) is 0.0909. The standard InChI is InChI=1S/C11H10N4O4/c16-10-8(2-1-3-9(10)15(18)19)11(17)12-4-7-5-13-14-6-7/h1-3,5-6,16H,4H2,(H,12,17)(H,13,14). The molecule has 0 radical (unpaired) electrons. The number of nitrogens with one attached hydrogen (secondary N) is 2. The van der Waals surface area contributed by atoms with Gasteiger partial charge in [-0.2, -0.15) is 5.10 Å². The van der Waals surface area contributed by atoms with Crippen LogP contribution in [0.15, 0.2) is 30.6 Å². The first-order chi connectivity index (χ1) is 9.09. The van der Waals surface area contributed by atoms with Gasteiger partial charge in [0, 0.05) is 24.4 Å². The molecule has 0 aliphatic carbocycles. The molecule has 0 unspecified atom stereocenters. The Bertz CT molecular complexity index is 609. The quantitative estimate of drug-likeness (QED) is 0.559. The molecule has 0 fully saturated rings. The van der Waals surface area contributed by atoms with Gasteiger partial charge in [0.05, 0.1) is 16.7 Å². The van der Waals surface area contributed by atoms with Crippen LogP contribution in [-0.2, 0) is 6.54 Å². The number of nitro groups is 1. The van der Waals surface area contributed by atoms with Gasteiger partial charge in [0.15, 0.2) is 0 Å². The highest BCUT2D eigenvalue weighted by Gasteiger charge is 2.20. The molecule has 2 rings (SSSR count). The Morgan fingerprint density at radius 1 is 1.53 bits per heavy atom. The molecular formula is C11H10N4O4. The number of rotatable bonds is 4. The lowest BCUT2D eigenvalue weighted by Gasteiger charge is -2.05. The molecule has 1 heterocycles. The number of phenols is 1. The van der Waals surface area contributed by atoms with Gasteiger partial charge in [-0.05, 0) is 6.07 Å². The van der Waals surface area contributed by atoms with E-state index in [-0.39, 0.29) is 12.1 Å². The Morgan fingerprint density at radius 2 is 2.32 bits per heavy atom. The third-order valence-corrected chi connectivity index (χ3v) is 2.46. The molecule has 0 saturated heterocycles. The predicted molar refractivity (Wildman–Crippen MR) is 64.5 cm³/mol. The summed E-state index contributed by atoms with van der Waals surface area (Å²) in [6, 6.07) is 3.78. The van der Waals surface area contributed by atoms with Crippen LogP contribution < -0.4 is 5.32 Å². The smallest absolute Gasteiger partial charge is 0.311 e. The van der Waals surface area contributed by atoms with Gasteiger partial charge in [0.1, 0.15) is 0 Å². The molecule has 8 nitrogen and oxygen atoms in total. The highest BCUT2D eigenvalue weighted by atomic mass is 16.6. The van der Waals surface area contributed by atoms with E-state index >= 15 is 0 Å². The number of nitro benzene ring substituents is 1. The van der Waals surface area contributed by atoms with Crippen LogP contribution in [-0.4, -0.2) is 26.1 Å². The second-order valence-electron chi connectivity index (χ2n) is 3.72. The van der Waals surface area contributed by atoms with E-state index in [9.17, 15) is 20.0 Å². The van der Waals surface area contributed by atoms with Crippen LogP contribution in [0.5, 0.6) is 5.75 Å². The molecule has 8 heteroatoms. The van der Waals surface area contributed by atoms with Gasteiger partial charge < -0.3 is 10.4 Å². The van der Waals surface area contributed by atoms with Gasteiger partial charge >= 0.3 is 5.69 Å². The van der Waals surface area contributed by atoms with Crippen LogP contribution in [0.1, 0.15) is 15.9 Å². The number of H-pyrrole nitrogens is 1. The summed E-state index contributed by atoms with van der Waals surface area (Å²) in [5, 5.41) is 29.1. The first kappa shape index (κ1) is 12.6. The average Bonchev–Trinajstić information content (AvgIpc) is 2.89. The Balaban J connectivity index is 2.15. The lowest BCUT2D eigenvalue weighted by Crippen LogP contribution is -2.22. The van der Waals surface area contributed by atoms with Gasteiger partial charge in [0.25, 0.3) is 5.91 Å². The molecule has 1 aromatic heterocycles. The van der Waals surface area contributed by atoms with E-state index in [4.69, 9.17) is 0 Å². The molecule has 98 valence electrons. The summed E-state index contributed by atoms with van der Waals surface area (Å²) in [5.41, 5.74) is 0.104. The number of nitrogens with zero attached hydrogens (tertiary/aromatic N) is 2. The molecule has 0 saturated carbocycles. The summed E-state index contributed by atoms with van der Waals surface area (Å²) in [4.78, 5) is 21.7. The Labute approximate surface area is 107 Å². The van der Waals surface area contributed by atoms with Gasteiger partial charge in [-0.1, -0.05) is 6.07 Å². The minimum atomic E-state index is -0.748. The summed E-state index contributed by atoms with van der Waals surface area (Å²) in [5.74, 6) is -1.24. The Kier molecular flexibility index (Phi) is 3.42. The van der Waals surface area contributed by atoms with Crippen molar-refractivity contribution in [3.05, 3.63) is 51.8 Å². The van der Waals surface area contributed by atoms with Crippen LogP contribution in [0.4, 0.5) is 5.69 Å². The van der Waals surface area contributed by atoms with E-state index in [1.807, 2.05) is 0 Å². The number of amides is 1. The van der Waals surface area contributed by atoms with Gasteiger partial charge in [-0.25, -0.2) is 0 Å². The van der Waals surface area contributed by atoms with E-state index in [1.54, 1.807) is 6.20 Å². The second-order valence-corrected chi connectivity index (χ2v) is 3.72. The van der Waals surface area contributed by atoms with Crippen LogP contribution >= 0.6 is 0 Å². The number of aromatic nitrogens is 2. The van der Waals surface area contributed by atoms with Gasteiger partial charge in [-0.15, -0.1) is 0 Å². The van der Waals surface area contributed by atoms with Crippen LogP contribution in [0.2, 0.25) is 0 Å². The molecule has 0 aliphatic rings. The van der Waals surface area contributed by atoms with Crippen molar-refractivity contribution >= 4 is 11.6 Å². The van der Waals surface area contributed by atoms with E-state index in [1.165, 1.54) is 18.3 Å². The number of aromatic amines is 1. The first-order valence-electron chi connectivity index (χ1n) is 5.32. The lowest BCUT2D eigenvalue weighted by molar-refractivity contribution is -0.385. The Morgan fingerprint density at radius 3 is 2.95 bits per heavy atom. The van der Waals surface area contributed by atoms with Gasteiger partial charge in [0.2, 0.25) is 5.75 Å². The molecule has 1 aromatic carbocycles. The maximum Gasteiger partial charge on any atom is 0.311 e. The van der Waals surface area contributed by atoms with Crippen LogP contribution in [0.25, 0.3) is 0 Å². The zero-order valence-electron chi connectivity index (χ0n) is 9.66. The molecule has 0 aliphatic heterocycles. The van der Waals surface area contributed by atoms with Crippen molar-refractivity contribution in [1.82, 2.24) is 15.5 Å². The van der Waals surface area contributed by atoms with Crippen molar-refractivity contribution in [3.8, 4) is 5.75 Å². The molecule has 0 bridgehead atoms. The van der Waals surface area contributed by atoms with Crippen LogP contribution in [0.3, 0.4) is 0 Å². The second kappa shape index (κ2) is 5.17. The number of carbonyl (C=O) groups is 1. The van der Waals surface area contributed by atoms with Gasteiger partial charge in [-0.3, -0.25) is 20.0 Å². The summed E-state index contributed by atoms with van der Waals surface area (Å²) in [7, 11) is 0. The zero-order chi connectivity index (χ0) is 13.8. The fourth-order valence-corrected chi connectivity index (χ4v) is 1.51. The molecule has 3 N–H and O–H groups in total. The number of hydrogen-bond acceptors (Lipinski definition) is 5. The lowest BCUT2D eigenvalue weighted by atomic mass is 10.1. The number of hydrogen-bond donors (Lipinski definition) is 3. The third kappa shape index (κ3) is 2.68. The van der Waals surface area contributed by atoms with Crippen LogP contribution in [0, 0.1) is 10.1 Å². The molecule has 1 amide bonds. The number of para-hydroxylation sites is 1. The number of benzene rings is 1. The monoisotopic (exact) mass is 262 g/mol. The van der Waals surface area contributed by atoms with E-state index in [0.29, 0.717) is 0 Å². The number of phenolic OH excluding ortho intramolecular Hbond substituents is 1. The Hall–Kier alpha value is -2.90. The maximum absolute atomic E-state index is 11.8. The molecule has 2 aromatic rings. The molecule has 19 heavy (non-hydrogen) atoms. The first-order valence-corrected chi connectivity index (χ1v) is 5.32. The van der Waals surface area contributed by atoms with E-state index < -0.39 is 22.3 Å². The van der Waals surface area contributed by atoms with E-state index in [2.05, 4.69) is 15.5 Å². The predicted octanol–water partition coefficient (Wildman–Crippen LogP) is 0.953. The SMILES string of the molecule is O=C(NCc1cn[nH]c1)c1cccc([N+](=O)[O-])c1O. The van der Waals surface area contributed by atoms with Crippen molar-refractivity contribution in [2.45, 2.75) is 6.54 Å². The number of carbonyl (C=O) groups excluding carboxylic acids is 1. The largest absolute Gasteiger partial charge is 0.502 e. The summed E-state index contributed by atoms with van der Waals surface area (Å²) >= 11 is 0. The zero-order valence-corrected chi connectivity index (χ0v) is 9.66. The van der Waals surface area contributed by atoms with E-state index in [0.717, 1.165) is 11.6 Å². The summed E-state index contributed by atoms with van der Waals surface area (Å²) in [6.45, 7) is 0.206. The normalized spacial score (nSPS) is 10.1. The molecule has 0 atom stereocenters. The third-order valence-electron chi connectivity index (χ3n) is 2.46. The summed E-state index contributed by atoms with van der Waals surface area (Å²) in [6.07, 6.45) is 3.14. The molecule has 0 spiro atoms. The minimum Gasteiger partial charge on any atom is -0.502 e. The maximum atomic E-state index is 11.8. The highest BCUT2D eigenvalue weighted by molar-refractivity contribution is 5.98. The molecular weight excluding hydrogens is 252 g/mol. The van der Waals surface area contributed by atoms with Crippen molar-refractivity contribution in [3.63, 3.8) is 0 Å². The van der Waals surface area contributed by atoms with Crippen molar-refractivity contribution in [2.75, 3.05) is 0 Å². The number of aromatic hydroxyl groups is 1. The topological polar surface area (TPSA) is 121 Å². The van der Waals surface area contributed by atoms with Crippen molar-refractivity contribution in [1.29, 1.82) is 0 Å². The fourth-order valence-electron chi connectivity index (χ4n) is 1.51. The summed E-state index contributed by atoms with van der Waals surface area (Å²) < 4.78 is 0. The minimum absolute atomic E-state index is 0.141. The van der Waals surface area contributed by atoms with Crippen molar-refractivity contribution in [2.24, 2.45) is 0 Å². The average molecular weight is 262 g/mol.